The van der Waals surface area contributed by atoms with Crippen molar-refractivity contribution in [3.63, 3.8) is 0 Å². The molecule has 1 saturated heterocycles. The Kier molecular flexibility index (Phi) is 3.15. The molecule has 1 fully saturated rings. The Balaban J connectivity index is 1.83. The standard InChI is InChI=1S/C13H19N5/c1-17(11-5-4-8-14-9-7-11)13-15-12-6-2-3-10-18(12)16-13/h2-3,6,10-11,14H,4-5,7-9H2,1H3. The van der Waals surface area contributed by atoms with E-state index in [1.807, 2.05) is 28.9 Å². The van der Waals surface area contributed by atoms with E-state index in [2.05, 4.69) is 27.3 Å². The molecular weight excluding hydrogens is 226 g/mol. The van der Waals surface area contributed by atoms with E-state index in [0.29, 0.717) is 6.04 Å². The average molecular weight is 245 g/mol. The molecule has 1 unspecified atom stereocenters. The quantitative estimate of drug-likeness (QED) is 0.866. The van der Waals surface area contributed by atoms with Crippen molar-refractivity contribution in [1.82, 2.24) is 19.9 Å². The number of pyridine rings is 1. The van der Waals surface area contributed by atoms with E-state index in [9.17, 15) is 0 Å². The van der Waals surface area contributed by atoms with Gasteiger partial charge in [0, 0.05) is 19.3 Å². The van der Waals surface area contributed by atoms with Crippen LogP contribution < -0.4 is 10.2 Å². The molecule has 0 spiro atoms. The van der Waals surface area contributed by atoms with Crippen LogP contribution in [0.15, 0.2) is 24.4 Å². The number of anilines is 1. The van der Waals surface area contributed by atoms with Crippen molar-refractivity contribution in [2.75, 3.05) is 25.0 Å². The second-order valence-corrected chi connectivity index (χ2v) is 4.86. The fourth-order valence-corrected chi connectivity index (χ4v) is 2.52. The largest absolute Gasteiger partial charge is 0.340 e. The molecule has 0 aliphatic carbocycles. The third-order valence-electron chi connectivity index (χ3n) is 3.64. The first kappa shape index (κ1) is 11.5. The highest BCUT2D eigenvalue weighted by Crippen LogP contribution is 2.17. The Morgan fingerprint density at radius 1 is 1.33 bits per heavy atom. The Morgan fingerprint density at radius 2 is 2.28 bits per heavy atom. The third kappa shape index (κ3) is 2.18. The average Bonchev–Trinajstić information content (AvgIpc) is 2.64. The molecule has 1 aliphatic rings. The van der Waals surface area contributed by atoms with Crippen molar-refractivity contribution in [1.29, 1.82) is 0 Å². The van der Waals surface area contributed by atoms with Crippen molar-refractivity contribution in [2.45, 2.75) is 25.3 Å². The summed E-state index contributed by atoms with van der Waals surface area (Å²) in [6, 6.07) is 6.49. The van der Waals surface area contributed by atoms with E-state index in [-0.39, 0.29) is 0 Å². The molecular formula is C13H19N5. The fraction of sp³-hybridized carbons (Fsp3) is 0.538. The van der Waals surface area contributed by atoms with Crippen molar-refractivity contribution in [2.24, 2.45) is 0 Å². The van der Waals surface area contributed by atoms with Gasteiger partial charge < -0.3 is 10.2 Å². The van der Waals surface area contributed by atoms with Crippen LogP contribution in [0.1, 0.15) is 19.3 Å². The number of nitrogens with zero attached hydrogens (tertiary/aromatic N) is 4. The molecule has 0 radical (unpaired) electrons. The van der Waals surface area contributed by atoms with Gasteiger partial charge in [0.2, 0.25) is 5.95 Å². The molecule has 2 aromatic heterocycles. The summed E-state index contributed by atoms with van der Waals surface area (Å²) < 4.78 is 1.83. The van der Waals surface area contributed by atoms with Crippen molar-refractivity contribution in [3.8, 4) is 0 Å². The molecule has 0 aromatic carbocycles. The lowest BCUT2D eigenvalue weighted by Crippen LogP contribution is -2.33. The molecule has 3 heterocycles. The van der Waals surface area contributed by atoms with E-state index in [4.69, 9.17) is 0 Å². The molecule has 5 heteroatoms. The van der Waals surface area contributed by atoms with Crippen molar-refractivity contribution in [3.05, 3.63) is 24.4 Å². The molecule has 0 amide bonds. The molecule has 3 rings (SSSR count). The lowest BCUT2D eigenvalue weighted by Gasteiger charge is -2.25. The van der Waals surface area contributed by atoms with Gasteiger partial charge in [-0.05, 0) is 44.5 Å². The van der Waals surface area contributed by atoms with Crippen LogP contribution in [-0.2, 0) is 0 Å². The Hall–Kier alpha value is -1.62. The van der Waals surface area contributed by atoms with Crippen LogP contribution in [-0.4, -0.2) is 40.8 Å². The number of hydrogen-bond acceptors (Lipinski definition) is 4. The molecule has 18 heavy (non-hydrogen) atoms. The number of aromatic nitrogens is 3. The second kappa shape index (κ2) is 4.94. The van der Waals surface area contributed by atoms with Gasteiger partial charge in [-0.1, -0.05) is 6.07 Å². The monoisotopic (exact) mass is 245 g/mol. The van der Waals surface area contributed by atoms with E-state index < -0.39 is 0 Å². The highest BCUT2D eigenvalue weighted by atomic mass is 15.4. The number of rotatable bonds is 2. The molecule has 1 atom stereocenters. The first-order valence-electron chi connectivity index (χ1n) is 6.59. The maximum Gasteiger partial charge on any atom is 0.245 e. The second-order valence-electron chi connectivity index (χ2n) is 4.86. The van der Waals surface area contributed by atoms with Gasteiger partial charge in [0.1, 0.15) is 0 Å². The van der Waals surface area contributed by atoms with Crippen LogP contribution in [0.5, 0.6) is 0 Å². The number of fused-ring (bicyclic) bond motifs is 1. The van der Waals surface area contributed by atoms with Crippen LogP contribution >= 0.6 is 0 Å². The smallest absolute Gasteiger partial charge is 0.245 e. The van der Waals surface area contributed by atoms with E-state index in [1.165, 1.54) is 12.8 Å². The maximum atomic E-state index is 4.58. The zero-order chi connectivity index (χ0) is 12.4. The van der Waals surface area contributed by atoms with E-state index >= 15 is 0 Å². The Morgan fingerprint density at radius 3 is 3.17 bits per heavy atom. The normalized spacial score (nSPS) is 20.8. The van der Waals surface area contributed by atoms with Crippen molar-refractivity contribution >= 4 is 11.6 Å². The van der Waals surface area contributed by atoms with Gasteiger partial charge in [-0.3, -0.25) is 0 Å². The van der Waals surface area contributed by atoms with Crippen LogP contribution in [0.2, 0.25) is 0 Å². The lowest BCUT2D eigenvalue weighted by atomic mass is 10.1. The highest BCUT2D eigenvalue weighted by molar-refractivity contribution is 5.44. The zero-order valence-corrected chi connectivity index (χ0v) is 10.7. The molecule has 96 valence electrons. The molecule has 2 aromatic rings. The van der Waals surface area contributed by atoms with Gasteiger partial charge in [0.25, 0.3) is 0 Å². The molecule has 0 saturated carbocycles. The number of nitrogens with one attached hydrogen (secondary N) is 1. The predicted octanol–water partition coefficient (Wildman–Crippen LogP) is 1.31. The predicted molar refractivity (Wildman–Crippen MR) is 71.9 cm³/mol. The van der Waals surface area contributed by atoms with Crippen LogP contribution in [0.4, 0.5) is 5.95 Å². The highest BCUT2D eigenvalue weighted by Gasteiger charge is 2.19. The van der Waals surface area contributed by atoms with Crippen LogP contribution in [0.25, 0.3) is 5.65 Å². The SMILES string of the molecule is CN(c1nc2ccccn2n1)C1CCCNCC1. The van der Waals surface area contributed by atoms with Gasteiger partial charge in [-0.2, -0.15) is 4.98 Å². The Bertz CT molecular complexity index is 480. The minimum atomic E-state index is 0.539. The molecule has 1 N–H and O–H groups in total. The fourth-order valence-electron chi connectivity index (χ4n) is 2.52. The summed E-state index contributed by atoms with van der Waals surface area (Å²) in [5.41, 5.74) is 0.908. The van der Waals surface area contributed by atoms with Gasteiger partial charge >= 0.3 is 0 Å². The third-order valence-corrected chi connectivity index (χ3v) is 3.64. The van der Waals surface area contributed by atoms with Crippen molar-refractivity contribution < 1.29 is 0 Å². The molecule has 1 aliphatic heterocycles. The number of hydrogen-bond donors (Lipinski definition) is 1. The summed E-state index contributed by atoms with van der Waals surface area (Å²) in [4.78, 5) is 6.80. The minimum absolute atomic E-state index is 0.539. The topological polar surface area (TPSA) is 45.5 Å². The zero-order valence-electron chi connectivity index (χ0n) is 10.7. The van der Waals surface area contributed by atoms with E-state index in [1.54, 1.807) is 0 Å². The van der Waals surface area contributed by atoms with Crippen LogP contribution in [0.3, 0.4) is 0 Å². The van der Waals surface area contributed by atoms with Gasteiger partial charge in [0.05, 0.1) is 0 Å². The van der Waals surface area contributed by atoms with Gasteiger partial charge in [-0.15, -0.1) is 5.10 Å². The summed E-state index contributed by atoms with van der Waals surface area (Å²) in [7, 11) is 2.10. The summed E-state index contributed by atoms with van der Waals surface area (Å²) in [5.74, 6) is 0.827. The first-order chi connectivity index (χ1) is 8.84. The lowest BCUT2D eigenvalue weighted by molar-refractivity contribution is 0.558. The maximum absolute atomic E-state index is 4.58. The summed E-state index contributed by atoms with van der Waals surface area (Å²) >= 11 is 0. The molecule has 5 nitrogen and oxygen atoms in total. The van der Waals surface area contributed by atoms with E-state index in [0.717, 1.165) is 31.1 Å². The minimum Gasteiger partial charge on any atom is -0.340 e. The summed E-state index contributed by atoms with van der Waals surface area (Å²) in [6.07, 6.45) is 5.53. The Labute approximate surface area is 107 Å². The van der Waals surface area contributed by atoms with Gasteiger partial charge in [-0.25, -0.2) is 4.52 Å². The summed E-state index contributed by atoms with van der Waals surface area (Å²) in [5, 5.41) is 7.97. The summed E-state index contributed by atoms with van der Waals surface area (Å²) in [6.45, 7) is 2.21. The van der Waals surface area contributed by atoms with Gasteiger partial charge in [0.15, 0.2) is 5.65 Å². The molecule has 0 bridgehead atoms. The van der Waals surface area contributed by atoms with Crippen LogP contribution in [0, 0.1) is 0 Å². The first-order valence-corrected chi connectivity index (χ1v) is 6.59.